The molecular formula is C12H21N3O. The van der Waals surface area contributed by atoms with E-state index in [2.05, 4.69) is 28.7 Å². The molecule has 1 aromatic rings. The Morgan fingerprint density at radius 3 is 3.19 bits per heavy atom. The van der Waals surface area contributed by atoms with Gasteiger partial charge in [-0.3, -0.25) is 0 Å². The Bertz CT molecular complexity index is 324. The summed E-state index contributed by atoms with van der Waals surface area (Å²) in [5.74, 6) is 0. The molecule has 2 atom stereocenters. The van der Waals surface area contributed by atoms with Crippen LogP contribution in [0.5, 0.6) is 0 Å². The van der Waals surface area contributed by atoms with Crippen molar-refractivity contribution in [1.29, 1.82) is 0 Å². The lowest BCUT2D eigenvalue weighted by Gasteiger charge is -2.18. The molecule has 0 aliphatic carbocycles. The molecule has 0 amide bonds. The van der Waals surface area contributed by atoms with E-state index >= 15 is 0 Å². The third-order valence-electron chi connectivity index (χ3n) is 3.17. The van der Waals surface area contributed by atoms with Gasteiger partial charge in [-0.25, -0.2) is 4.98 Å². The smallest absolute Gasteiger partial charge is 0.0952 e. The molecule has 4 heteroatoms. The van der Waals surface area contributed by atoms with Gasteiger partial charge in [0.15, 0.2) is 0 Å². The van der Waals surface area contributed by atoms with Crippen LogP contribution in [-0.2, 0) is 11.3 Å². The monoisotopic (exact) mass is 223 g/mol. The maximum atomic E-state index is 5.60. The Kier molecular flexibility index (Phi) is 3.96. The summed E-state index contributed by atoms with van der Waals surface area (Å²) < 4.78 is 7.87. The molecule has 0 saturated carbocycles. The van der Waals surface area contributed by atoms with Crippen LogP contribution in [0.2, 0.25) is 0 Å². The van der Waals surface area contributed by atoms with Crippen molar-refractivity contribution in [2.75, 3.05) is 13.2 Å². The van der Waals surface area contributed by atoms with Gasteiger partial charge in [-0.05, 0) is 26.3 Å². The first-order valence-electron chi connectivity index (χ1n) is 6.16. The van der Waals surface area contributed by atoms with Crippen LogP contribution < -0.4 is 5.32 Å². The highest BCUT2D eigenvalue weighted by atomic mass is 16.5. The first-order chi connectivity index (χ1) is 7.83. The SMILES string of the molecule is CCCNCc1cncn1C1CCOC1C. The van der Waals surface area contributed by atoms with Gasteiger partial charge >= 0.3 is 0 Å². The van der Waals surface area contributed by atoms with Crippen LogP contribution in [0.25, 0.3) is 0 Å². The minimum Gasteiger partial charge on any atom is -0.376 e. The third-order valence-corrected chi connectivity index (χ3v) is 3.17. The summed E-state index contributed by atoms with van der Waals surface area (Å²) in [6.07, 6.45) is 6.45. The Hall–Kier alpha value is -0.870. The van der Waals surface area contributed by atoms with Crippen LogP contribution in [-0.4, -0.2) is 28.8 Å². The van der Waals surface area contributed by atoms with Crippen molar-refractivity contribution >= 4 is 0 Å². The Balaban J connectivity index is 2.00. The van der Waals surface area contributed by atoms with Crippen LogP contribution in [0.4, 0.5) is 0 Å². The third kappa shape index (κ3) is 2.44. The van der Waals surface area contributed by atoms with Crippen LogP contribution in [0.1, 0.15) is 38.4 Å². The van der Waals surface area contributed by atoms with Crippen LogP contribution in [0.3, 0.4) is 0 Å². The fraction of sp³-hybridized carbons (Fsp3) is 0.750. The van der Waals surface area contributed by atoms with Crippen molar-refractivity contribution in [3.63, 3.8) is 0 Å². The van der Waals surface area contributed by atoms with Gasteiger partial charge in [-0.15, -0.1) is 0 Å². The number of rotatable bonds is 5. The number of nitrogens with one attached hydrogen (secondary N) is 1. The van der Waals surface area contributed by atoms with Crippen molar-refractivity contribution in [2.24, 2.45) is 0 Å². The second-order valence-corrected chi connectivity index (χ2v) is 4.40. The molecule has 2 heterocycles. The fourth-order valence-electron chi connectivity index (χ4n) is 2.25. The molecule has 0 spiro atoms. The number of hydrogen-bond acceptors (Lipinski definition) is 3. The standard InChI is InChI=1S/C12H21N3O/c1-3-5-13-7-11-8-14-9-15(11)12-4-6-16-10(12)2/h8-10,12-13H,3-7H2,1-2H3. The molecule has 1 aliphatic heterocycles. The van der Waals surface area contributed by atoms with E-state index in [1.807, 2.05) is 12.5 Å². The van der Waals surface area contributed by atoms with E-state index in [0.29, 0.717) is 12.1 Å². The van der Waals surface area contributed by atoms with E-state index in [1.165, 1.54) is 5.69 Å². The predicted octanol–water partition coefficient (Wildman–Crippen LogP) is 1.73. The van der Waals surface area contributed by atoms with Gasteiger partial charge in [0, 0.05) is 19.3 Å². The normalized spacial score (nSPS) is 25.1. The van der Waals surface area contributed by atoms with Crippen molar-refractivity contribution < 1.29 is 4.74 Å². The Morgan fingerprint density at radius 1 is 1.62 bits per heavy atom. The minimum atomic E-state index is 0.305. The second kappa shape index (κ2) is 5.46. The zero-order chi connectivity index (χ0) is 11.4. The highest BCUT2D eigenvalue weighted by Gasteiger charge is 2.26. The van der Waals surface area contributed by atoms with Crippen molar-refractivity contribution in [3.8, 4) is 0 Å². The Morgan fingerprint density at radius 2 is 2.50 bits per heavy atom. The zero-order valence-electron chi connectivity index (χ0n) is 10.1. The summed E-state index contributed by atoms with van der Waals surface area (Å²) in [5.41, 5.74) is 1.26. The molecule has 1 aliphatic rings. The second-order valence-electron chi connectivity index (χ2n) is 4.40. The average Bonchev–Trinajstić information content (AvgIpc) is 2.87. The summed E-state index contributed by atoms with van der Waals surface area (Å²) in [7, 11) is 0. The number of aromatic nitrogens is 2. The topological polar surface area (TPSA) is 39.1 Å². The van der Waals surface area contributed by atoms with Crippen molar-refractivity contribution in [3.05, 3.63) is 18.2 Å². The molecule has 1 saturated heterocycles. The first-order valence-corrected chi connectivity index (χ1v) is 6.16. The van der Waals surface area contributed by atoms with Gasteiger partial charge in [0.05, 0.1) is 24.2 Å². The molecule has 0 bridgehead atoms. The minimum absolute atomic E-state index is 0.305. The number of imidazole rings is 1. The summed E-state index contributed by atoms with van der Waals surface area (Å²) >= 11 is 0. The highest BCUT2D eigenvalue weighted by molar-refractivity contribution is 5.02. The lowest BCUT2D eigenvalue weighted by molar-refractivity contribution is 0.107. The summed E-state index contributed by atoms with van der Waals surface area (Å²) in [5, 5.41) is 3.41. The summed E-state index contributed by atoms with van der Waals surface area (Å²) in [4.78, 5) is 4.25. The Labute approximate surface area is 97.0 Å². The molecule has 4 nitrogen and oxygen atoms in total. The molecule has 1 aromatic heterocycles. The largest absolute Gasteiger partial charge is 0.376 e. The number of hydrogen-bond donors (Lipinski definition) is 1. The van der Waals surface area contributed by atoms with Gasteiger partial charge in [-0.1, -0.05) is 6.92 Å². The number of ether oxygens (including phenoxy) is 1. The van der Waals surface area contributed by atoms with Gasteiger partial charge in [0.2, 0.25) is 0 Å². The van der Waals surface area contributed by atoms with Crippen molar-refractivity contribution in [1.82, 2.24) is 14.9 Å². The zero-order valence-corrected chi connectivity index (χ0v) is 10.1. The molecule has 2 rings (SSSR count). The van der Waals surface area contributed by atoms with Gasteiger partial charge in [0.1, 0.15) is 0 Å². The molecule has 1 fully saturated rings. The van der Waals surface area contributed by atoms with E-state index in [1.54, 1.807) is 0 Å². The lowest BCUT2D eigenvalue weighted by atomic mass is 10.1. The highest BCUT2D eigenvalue weighted by Crippen LogP contribution is 2.26. The maximum Gasteiger partial charge on any atom is 0.0952 e. The summed E-state index contributed by atoms with van der Waals surface area (Å²) in [6.45, 7) is 7.14. The lowest BCUT2D eigenvalue weighted by Crippen LogP contribution is -2.22. The molecule has 1 N–H and O–H groups in total. The van der Waals surface area contributed by atoms with E-state index < -0.39 is 0 Å². The van der Waals surface area contributed by atoms with Crippen molar-refractivity contribution in [2.45, 2.75) is 45.4 Å². The van der Waals surface area contributed by atoms with E-state index in [-0.39, 0.29) is 0 Å². The van der Waals surface area contributed by atoms with E-state index in [4.69, 9.17) is 4.74 Å². The van der Waals surface area contributed by atoms with E-state index in [0.717, 1.165) is 32.5 Å². The van der Waals surface area contributed by atoms with E-state index in [9.17, 15) is 0 Å². The van der Waals surface area contributed by atoms with Gasteiger partial charge < -0.3 is 14.6 Å². The molecule has 2 unspecified atom stereocenters. The molecule has 90 valence electrons. The van der Waals surface area contributed by atoms with Gasteiger partial charge in [0.25, 0.3) is 0 Å². The van der Waals surface area contributed by atoms with Crippen LogP contribution in [0.15, 0.2) is 12.5 Å². The number of nitrogens with zero attached hydrogens (tertiary/aromatic N) is 2. The summed E-state index contributed by atoms with van der Waals surface area (Å²) in [6, 6.07) is 0.459. The maximum absolute atomic E-state index is 5.60. The van der Waals surface area contributed by atoms with Crippen LogP contribution in [0, 0.1) is 0 Å². The fourth-order valence-corrected chi connectivity index (χ4v) is 2.25. The molecule has 0 radical (unpaired) electrons. The molecule has 0 aromatic carbocycles. The first kappa shape index (κ1) is 11.6. The quantitative estimate of drug-likeness (QED) is 0.773. The van der Waals surface area contributed by atoms with Gasteiger partial charge in [-0.2, -0.15) is 0 Å². The predicted molar refractivity (Wildman–Crippen MR) is 63.3 cm³/mol. The molecule has 16 heavy (non-hydrogen) atoms. The average molecular weight is 223 g/mol. The van der Waals surface area contributed by atoms with Crippen LogP contribution >= 0.6 is 0 Å². The molecular weight excluding hydrogens is 202 g/mol.